The molecule has 0 aromatic carbocycles. The Morgan fingerprint density at radius 1 is 1.44 bits per heavy atom. The number of nitrogens with one attached hydrogen (secondary N) is 1. The molecule has 0 saturated carbocycles. The molecule has 16 heavy (non-hydrogen) atoms. The third-order valence-electron chi connectivity index (χ3n) is 2.68. The van der Waals surface area contributed by atoms with E-state index >= 15 is 0 Å². The SMILES string of the molecule is Cc1ncc(CNCCN2CCSCC2)s1. The summed E-state index contributed by atoms with van der Waals surface area (Å²) in [5.41, 5.74) is 0. The molecule has 5 heteroatoms. The van der Waals surface area contributed by atoms with Crippen molar-refractivity contribution in [3.05, 3.63) is 16.1 Å². The van der Waals surface area contributed by atoms with Crippen molar-refractivity contribution in [1.29, 1.82) is 0 Å². The van der Waals surface area contributed by atoms with E-state index in [0.717, 1.165) is 18.1 Å². The van der Waals surface area contributed by atoms with Gasteiger partial charge in [0.2, 0.25) is 0 Å². The quantitative estimate of drug-likeness (QED) is 0.811. The minimum Gasteiger partial charge on any atom is -0.311 e. The molecule has 0 amide bonds. The predicted octanol–water partition coefficient (Wildman–Crippen LogP) is 1.59. The Bertz CT molecular complexity index is 308. The van der Waals surface area contributed by atoms with Crippen LogP contribution in [0.5, 0.6) is 0 Å². The largest absolute Gasteiger partial charge is 0.311 e. The molecule has 3 nitrogen and oxygen atoms in total. The van der Waals surface area contributed by atoms with Crippen LogP contribution in [0.25, 0.3) is 0 Å². The molecule has 0 radical (unpaired) electrons. The van der Waals surface area contributed by atoms with E-state index in [4.69, 9.17) is 0 Å². The summed E-state index contributed by atoms with van der Waals surface area (Å²) in [4.78, 5) is 8.13. The van der Waals surface area contributed by atoms with E-state index in [9.17, 15) is 0 Å². The smallest absolute Gasteiger partial charge is 0.0897 e. The zero-order valence-corrected chi connectivity index (χ0v) is 11.4. The molecule has 1 aliphatic heterocycles. The Hall–Kier alpha value is -0.100. The third kappa shape index (κ3) is 4.05. The Morgan fingerprint density at radius 3 is 2.94 bits per heavy atom. The molecule has 0 atom stereocenters. The summed E-state index contributed by atoms with van der Waals surface area (Å²) in [5.74, 6) is 2.60. The fourth-order valence-electron chi connectivity index (χ4n) is 1.76. The average molecular weight is 257 g/mol. The maximum absolute atomic E-state index is 4.25. The second-order valence-corrected chi connectivity index (χ2v) is 6.52. The van der Waals surface area contributed by atoms with Crippen LogP contribution in [-0.2, 0) is 6.54 Å². The molecule has 1 aromatic rings. The van der Waals surface area contributed by atoms with Crippen LogP contribution in [-0.4, -0.2) is 47.6 Å². The predicted molar refractivity (Wildman–Crippen MR) is 72.3 cm³/mol. The second-order valence-electron chi connectivity index (χ2n) is 3.98. The van der Waals surface area contributed by atoms with E-state index in [1.807, 2.05) is 6.20 Å². The summed E-state index contributed by atoms with van der Waals surface area (Å²) in [6.07, 6.45) is 1.98. The standard InChI is InChI=1S/C11H19N3S2/c1-10-13-9-11(16-10)8-12-2-3-14-4-6-15-7-5-14/h9,12H,2-8H2,1H3. The fourth-order valence-corrected chi connectivity index (χ4v) is 3.50. The van der Waals surface area contributed by atoms with Crippen molar-refractivity contribution in [3.8, 4) is 0 Å². The van der Waals surface area contributed by atoms with Crippen molar-refractivity contribution in [3.63, 3.8) is 0 Å². The molecule has 0 unspecified atom stereocenters. The number of hydrogen-bond donors (Lipinski definition) is 1. The van der Waals surface area contributed by atoms with E-state index in [2.05, 4.69) is 33.9 Å². The van der Waals surface area contributed by atoms with Gasteiger partial charge in [0, 0.05) is 55.3 Å². The number of hydrogen-bond acceptors (Lipinski definition) is 5. The van der Waals surface area contributed by atoms with Crippen molar-refractivity contribution in [2.45, 2.75) is 13.5 Å². The lowest BCUT2D eigenvalue weighted by molar-refractivity contribution is 0.301. The lowest BCUT2D eigenvalue weighted by Gasteiger charge is -2.25. The highest BCUT2D eigenvalue weighted by atomic mass is 32.2. The molecule has 90 valence electrons. The second kappa shape index (κ2) is 6.59. The van der Waals surface area contributed by atoms with Crippen LogP contribution >= 0.6 is 23.1 Å². The summed E-state index contributed by atoms with van der Waals surface area (Å²) in [6.45, 7) is 7.80. The van der Waals surface area contributed by atoms with Crippen LogP contribution < -0.4 is 5.32 Å². The Kier molecular flexibility index (Phi) is 5.09. The Balaban J connectivity index is 1.57. The van der Waals surface area contributed by atoms with Crippen LogP contribution in [0.4, 0.5) is 0 Å². The Morgan fingerprint density at radius 2 is 2.25 bits per heavy atom. The van der Waals surface area contributed by atoms with Crippen LogP contribution in [0.15, 0.2) is 6.20 Å². The van der Waals surface area contributed by atoms with Crippen LogP contribution in [0.2, 0.25) is 0 Å². The Labute approximate surface area is 106 Å². The van der Waals surface area contributed by atoms with Crippen molar-refractivity contribution < 1.29 is 0 Å². The minimum absolute atomic E-state index is 0.966. The first-order valence-electron chi connectivity index (χ1n) is 5.77. The first kappa shape index (κ1) is 12.4. The minimum atomic E-state index is 0.966. The van der Waals surface area contributed by atoms with Crippen molar-refractivity contribution >= 4 is 23.1 Å². The van der Waals surface area contributed by atoms with Gasteiger partial charge in [0.1, 0.15) is 0 Å². The van der Waals surface area contributed by atoms with Crippen LogP contribution in [0, 0.1) is 6.92 Å². The van der Waals surface area contributed by atoms with E-state index in [1.165, 1.54) is 36.0 Å². The molecule has 2 rings (SSSR count). The van der Waals surface area contributed by atoms with E-state index < -0.39 is 0 Å². The molecule has 2 heterocycles. The topological polar surface area (TPSA) is 28.2 Å². The van der Waals surface area contributed by atoms with Crippen molar-refractivity contribution in [2.75, 3.05) is 37.7 Å². The maximum Gasteiger partial charge on any atom is 0.0897 e. The molecular formula is C11H19N3S2. The van der Waals surface area contributed by atoms with Crippen LogP contribution in [0.1, 0.15) is 9.88 Å². The number of aromatic nitrogens is 1. The summed E-state index contributed by atoms with van der Waals surface area (Å²) in [7, 11) is 0. The van der Waals surface area contributed by atoms with Gasteiger partial charge in [0.05, 0.1) is 5.01 Å². The molecule has 1 aromatic heterocycles. The van der Waals surface area contributed by atoms with Gasteiger partial charge in [-0.1, -0.05) is 0 Å². The summed E-state index contributed by atoms with van der Waals surface area (Å²) in [5, 5.41) is 4.64. The van der Waals surface area contributed by atoms with Gasteiger partial charge in [-0.15, -0.1) is 11.3 Å². The highest BCUT2D eigenvalue weighted by Gasteiger charge is 2.08. The van der Waals surface area contributed by atoms with Gasteiger partial charge in [0.25, 0.3) is 0 Å². The van der Waals surface area contributed by atoms with E-state index in [1.54, 1.807) is 11.3 Å². The number of thiazole rings is 1. The molecule has 0 bridgehead atoms. The van der Waals surface area contributed by atoms with Gasteiger partial charge in [-0.25, -0.2) is 4.98 Å². The summed E-state index contributed by atoms with van der Waals surface area (Å²) >= 11 is 3.85. The zero-order chi connectivity index (χ0) is 11.2. The molecule has 1 fully saturated rings. The molecule has 0 aliphatic carbocycles. The third-order valence-corrected chi connectivity index (χ3v) is 4.53. The maximum atomic E-state index is 4.25. The van der Waals surface area contributed by atoms with E-state index in [-0.39, 0.29) is 0 Å². The number of aryl methyl sites for hydroxylation is 1. The van der Waals surface area contributed by atoms with Crippen molar-refractivity contribution in [2.24, 2.45) is 0 Å². The van der Waals surface area contributed by atoms with Gasteiger partial charge >= 0.3 is 0 Å². The fraction of sp³-hybridized carbons (Fsp3) is 0.727. The molecule has 1 aliphatic rings. The van der Waals surface area contributed by atoms with Gasteiger partial charge in [-0.05, 0) is 6.92 Å². The summed E-state index contributed by atoms with van der Waals surface area (Å²) in [6, 6.07) is 0. The molecule has 1 saturated heterocycles. The highest BCUT2D eigenvalue weighted by Crippen LogP contribution is 2.11. The zero-order valence-electron chi connectivity index (χ0n) is 9.74. The van der Waals surface area contributed by atoms with Gasteiger partial charge < -0.3 is 10.2 Å². The first-order chi connectivity index (χ1) is 7.84. The lowest BCUT2D eigenvalue weighted by atomic mass is 10.4. The van der Waals surface area contributed by atoms with Gasteiger partial charge in [-0.2, -0.15) is 11.8 Å². The van der Waals surface area contributed by atoms with E-state index in [0.29, 0.717) is 0 Å². The highest BCUT2D eigenvalue weighted by molar-refractivity contribution is 7.99. The molecule has 1 N–H and O–H groups in total. The molecular weight excluding hydrogens is 238 g/mol. The first-order valence-corrected chi connectivity index (χ1v) is 7.74. The number of nitrogens with zero attached hydrogens (tertiary/aromatic N) is 2. The normalized spacial score (nSPS) is 17.8. The monoisotopic (exact) mass is 257 g/mol. The van der Waals surface area contributed by atoms with Crippen LogP contribution in [0.3, 0.4) is 0 Å². The number of thioether (sulfide) groups is 1. The lowest BCUT2D eigenvalue weighted by Crippen LogP contribution is -2.37. The molecule has 0 spiro atoms. The summed E-state index contributed by atoms with van der Waals surface area (Å²) < 4.78 is 0. The number of rotatable bonds is 5. The van der Waals surface area contributed by atoms with Gasteiger partial charge in [0.15, 0.2) is 0 Å². The van der Waals surface area contributed by atoms with Gasteiger partial charge in [-0.3, -0.25) is 0 Å². The van der Waals surface area contributed by atoms with Crippen molar-refractivity contribution in [1.82, 2.24) is 15.2 Å². The average Bonchev–Trinajstić information content (AvgIpc) is 2.72.